The fraction of sp³-hybridized carbons (Fsp3) is 0.286. The summed E-state index contributed by atoms with van der Waals surface area (Å²) in [5.74, 6) is -0.777. The molecule has 156 valence electrons. The molecule has 1 aromatic carbocycles. The number of halogens is 1. The Bertz CT molecular complexity index is 1080. The van der Waals surface area contributed by atoms with Gasteiger partial charge in [0.15, 0.2) is 0 Å². The summed E-state index contributed by atoms with van der Waals surface area (Å²) < 4.78 is 13.2. The maximum absolute atomic E-state index is 13.2. The highest BCUT2D eigenvalue weighted by atomic mass is 19.1. The summed E-state index contributed by atoms with van der Waals surface area (Å²) in [6, 6.07) is 8.22. The predicted octanol–water partition coefficient (Wildman–Crippen LogP) is 1.22. The van der Waals surface area contributed by atoms with Crippen molar-refractivity contribution >= 4 is 28.5 Å². The zero-order valence-corrected chi connectivity index (χ0v) is 16.1. The van der Waals surface area contributed by atoms with Gasteiger partial charge in [0.2, 0.25) is 5.91 Å². The molecule has 2 atom stereocenters. The second-order valence-electron chi connectivity index (χ2n) is 7.46. The summed E-state index contributed by atoms with van der Waals surface area (Å²) in [5, 5.41) is 13.3. The fourth-order valence-electron chi connectivity index (χ4n) is 3.63. The molecular weight excluding hydrogens is 389 g/mol. The van der Waals surface area contributed by atoms with E-state index in [1.165, 1.54) is 23.2 Å². The molecule has 1 fully saturated rings. The summed E-state index contributed by atoms with van der Waals surface area (Å²) in [7, 11) is 0. The molecule has 2 amide bonds. The van der Waals surface area contributed by atoms with E-state index in [0.717, 1.165) is 5.39 Å². The number of benzene rings is 1. The van der Waals surface area contributed by atoms with Gasteiger partial charge in [0.1, 0.15) is 23.4 Å². The maximum Gasteiger partial charge on any atom is 0.268 e. The molecule has 0 unspecified atom stereocenters. The normalized spacial score (nSPS) is 17.3. The van der Waals surface area contributed by atoms with Crippen molar-refractivity contribution in [2.75, 3.05) is 18.8 Å². The van der Waals surface area contributed by atoms with Crippen LogP contribution in [0.25, 0.3) is 10.9 Å². The van der Waals surface area contributed by atoms with Crippen LogP contribution >= 0.6 is 0 Å². The molecule has 0 bridgehead atoms. The summed E-state index contributed by atoms with van der Waals surface area (Å²) in [6.07, 6.45) is 1.67. The van der Waals surface area contributed by atoms with Crippen molar-refractivity contribution in [2.24, 2.45) is 0 Å². The Morgan fingerprint density at radius 3 is 2.80 bits per heavy atom. The van der Waals surface area contributed by atoms with Gasteiger partial charge in [0.05, 0.1) is 17.8 Å². The van der Waals surface area contributed by atoms with Gasteiger partial charge in [-0.3, -0.25) is 9.59 Å². The van der Waals surface area contributed by atoms with Gasteiger partial charge in [-0.2, -0.15) is 0 Å². The zero-order valence-electron chi connectivity index (χ0n) is 16.1. The van der Waals surface area contributed by atoms with Gasteiger partial charge in [0, 0.05) is 24.9 Å². The molecular formula is C21H22FN5O3. The van der Waals surface area contributed by atoms with E-state index in [0.29, 0.717) is 29.9 Å². The van der Waals surface area contributed by atoms with E-state index in [9.17, 15) is 19.1 Å². The number of carbonyl (C=O) groups is 2. The number of nitrogen functional groups attached to an aromatic ring is 1. The minimum absolute atomic E-state index is 0.201. The number of aliphatic hydroxyl groups is 1. The molecule has 0 saturated carbocycles. The van der Waals surface area contributed by atoms with Crippen molar-refractivity contribution in [1.82, 2.24) is 20.2 Å². The van der Waals surface area contributed by atoms with Crippen LogP contribution in [0.15, 0.2) is 42.6 Å². The van der Waals surface area contributed by atoms with E-state index in [2.05, 4.69) is 15.3 Å². The lowest BCUT2D eigenvalue weighted by molar-refractivity contribution is -0.132. The average molecular weight is 411 g/mol. The number of nitrogens with zero attached hydrogens (tertiary/aromatic N) is 2. The number of pyridine rings is 1. The number of aliphatic hydroxyl groups excluding tert-OH is 1. The summed E-state index contributed by atoms with van der Waals surface area (Å²) >= 11 is 0. The first-order valence-electron chi connectivity index (χ1n) is 9.65. The van der Waals surface area contributed by atoms with Crippen LogP contribution in [0.1, 0.15) is 22.5 Å². The third-order valence-corrected chi connectivity index (χ3v) is 5.20. The Kier molecular flexibility index (Phi) is 5.37. The van der Waals surface area contributed by atoms with Gasteiger partial charge in [-0.05, 0) is 36.2 Å². The number of likely N-dealkylation sites (tertiary alicyclic amines) is 1. The summed E-state index contributed by atoms with van der Waals surface area (Å²) in [4.78, 5) is 34.4. The van der Waals surface area contributed by atoms with Gasteiger partial charge in [-0.25, -0.2) is 9.37 Å². The van der Waals surface area contributed by atoms with Crippen molar-refractivity contribution in [3.05, 3.63) is 59.7 Å². The topological polar surface area (TPSA) is 124 Å². The highest BCUT2D eigenvalue weighted by Gasteiger charge is 2.31. The number of rotatable bonds is 5. The maximum atomic E-state index is 13.2. The Labute approximate surface area is 171 Å². The second-order valence-corrected chi connectivity index (χ2v) is 7.46. The number of H-pyrrole nitrogens is 1. The van der Waals surface area contributed by atoms with Crippen LogP contribution in [0.3, 0.4) is 0 Å². The number of nitrogens with two attached hydrogens (primary N) is 1. The Morgan fingerprint density at radius 1 is 1.33 bits per heavy atom. The minimum atomic E-state index is -0.858. The number of aromatic nitrogens is 2. The fourth-order valence-corrected chi connectivity index (χ4v) is 3.63. The van der Waals surface area contributed by atoms with E-state index < -0.39 is 18.1 Å². The van der Waals surface area contributed by atoms with Gasteiger partial charge >= 0.3 is 0 Å². The third kappa shape index (κ3) is 4.25. The van der Waals surface area contributed by atoms with E-state index in [4.69, 9.17) is 5.73 Å². The largest absolute Gasteiger partial charge is 0.391 e. The van der Waals surface area contributed by atoms with Gasteiger partial charge in [0.25, 0.3) is 5.91 Å². The van der Waals surface area contributed by atoms with Crippen molar-refractivity contribution in [2.45, 2.75) is 25.0 Å². The molecule has 1 aliphatic heterocycles. The second kappa shape index (κ2) is 8.11. The lowest BCUT2D eigenvalue weighted by atomic mass is 10.0. The number of fused-ring (bicyclic) bond motifs is 1. The first-order chi connectivity index (χ1) is 14.4. The molecule has 4 rings (SSSR count). The van der Waals surface area contributed by atoms with Crippen molar-refractivity contribution in [1.29, 1.82) is 0 Å². The number of hydrogen-bond donors (Lipinski definition) is 4. The van der Waals surface area contributed by atoms with Crippen molar-refractivity contribution < 1.29 is 19.1 Å². The molecule has 1 saturated heterocycles. The Hall–Kier alpha value is -3.46. The number of amides is 2. The SMILES string of the molecule is Nc1cc2cc(C(=O)N[C@@H](Cc3ccc(F)cc3)C(=O)N3CC[C@H](O)C3)[nH]c2cn1. The highest BCUT2D eigenvalue weighted by molar-refractivity contribution is 6.00. The minimum Gasteiger partial charge on any atom is -0.391 e. The third-order valence-electron chi connectivity index (χ3n) is 5.20. The van der Waals surface area contributed by atoms with E-state index in [1.54, 1.807) is 24.3 Å². The Morgan fingerprint density at radius 2 is 2.10 bits per heavy atom. The van der Waals surface area contributed by atoms with Crippen LogP contribution in [0.2, 0.25) is 0 Å². The molecule has 30 heavy (non-hydrogen) atoms. The number of anilines is 1. The van der Waals surface area contributed by atoms with Crippen LogP contribution in [-0.2, 0) is 11.2 Å². The molecule has 0 radical (unpaired) electrons. The molecule has 8 nitrogen and oxygen atoms in total. The first kappa shape index (κ1) is 19.8. The molecule has 3 aromatic rings. The van der Waals surface area contributed by atoms with Gasteiger partial charge in [-0.15, -0.1) is 0 Å². The van der Waals surface area contributed by atoms with E-state index in [1.807, 2.05) is 0 Å². The standard InChI is InChI=1S/C21H22FN5O3/c22-14-3-1-12(2-4-14)7-17(21(30)27-6-5-15(28)11-27)26-20(29)16-8-13-9-19(23)24-10-18(13)25-16/h1-4,8-10,15,17,25,28H,5-7,11H2,(H2,23,24)(H,26,29)/t15-,17-/m0/s1. The van der Waals surface area contributed by atoms with Gasteiger partial charge < -0.3 is 26.0 Å². The number of carbonyl (C=O) groups excluding carboxylic acids is 2. The summed E-state index contributed by atoms with van der Waals surface area (Å²) in [5.41, 5.74) is 7.32. The molecule has 3 heterocycles. The number of β-amino-alcohol motifs (C(OH)–C–C–N with tert-alkyl or cyclic N) is 1. The lowest BCUT2D eigenvalue weighted by Crippen LogP contribution is -2.49. The van der Waals surface area contributed by atoms with Crippen molar-refractivity contribution in [3.8, 4) is 0 Å². The van der Waals surface area contributed by atoms with E-state index in [-0.39, 0.29) is 30.4 Å². The van der Waals surface area contributed by atoms with Crippen molar-refractivity contribution in [3.63, 3.8) is 0 Å². The zero-order chi connectivity index (χ0) is 21.3. The number of aromatic amines is 1. The number of hydrogen-bond acceptors (Lipinski definition) is 5. The molecule has 9 heteroatoms. The molecule has 0 aliphatic carbocycles. The molecule has 0 spiro atoms. The van der Waals surface area contributed by atoms with Crippen LogP contribution in [-0.4, -0.2) is 57.0 Å². The lowest BCUT2D eigenvalue weighted by Gasteiger charge is -2.24. The Balaban J connectivity index is 1.56. The van der Waals surface area contributed by atoms with Crippen LogP contribution in [0.4, 0.5) is 10.2 Å². The number of nitrogens with one attached hydrogen (secondary N) is 2. The van der Waals surface area contributed by atoms with Crippen LogP contribution < -0.4 is 11.1 Å². The average Bonchev–Trinajstić information content (AvgIpc) is 3.34. The quantitative estimate of drug-likeness (QED) is 0.503. The predicted molar refractivity (Wildman–Crippen MR) is 109 cm³/mol. The van der Waals surface area contributed by atoms with Crippen LogP contribution in [0.5, 0.6) is 0 Å². The molecule has 5 N–H and O–H groups in total. The van der Waals surface area contributed by atoms with E-state index >= 15 is 0 Å². The van der Waals surface area contributed by atoms with Crippen LogP contribution in [0, 0.1) is 5.82 Å². The summed E-state index contributed by atoms with van der Waals surface area (Å²) in [6.45, 7) is 0.652. The van der Waals surface area contributed by atoms with Gasteiger partial charge in [-0.1, -0.05) is 12.1 Å². The monoisotopic (exact) mass is 411 g/mol. The first-order valence-corrected chi connectivity index (χ1v) is 9.65. The molecule has 1 aliphatic rings. The smallest absolute Gasteiger partial charge is 0.268 e. The molecule has 2 aromatic heterocycles. The highest BCUT2D eigenvalue weighted by Crippen LogP contribution is 2.18.